The molecule has 0 saturated carbocycles. The van der Waals surface area contributed by atoms with Crippen LogP contribution in [-0.2, 0) is 41.8 Å². The number of pyridine rings is 1. The van der Waals surface area contributed by atoms with Crippen LogP contribution in [0.1, 0.15) is 194 Å². The molecule has 1 aliphatic carbocycles. The molecule has 1 aliphatic rings. The normalized spacial score (nSPS) is 13.5. The van der Waals surface area contributed by atoms with Gasteiger partial charge in [-0.1, -0.05) is 219 Å². The monoisotopic (exact) mass is 983 g/mol. The number of hydrogen-bond donors (Lipinski definition) is 0. The molecule has 323 valence electrons. The Kier molecular flexibility index (Phi) is 15.9. The van der Waals surface area contributed by atoms with Crippen LogP contribution in [0.5, 0.6) is 0 Å². The van der Waals surface area contributed by atoms with E-state index in [-0.39, 0.29) is 41.8 Å². The molecule has 0 fully saturated rings. The summed E-state index contributed by atoms with van der Waals surface area (Å²) in [6, 6.07) is 28.8. The van der Waals surface area contributed by atoms with Crippen molar-refractivity contribution in [1.29, 1.82) is 0 Å². The summed E-state index contributed by atoms with van der Waals surface area (Å²) in [5.74, 6) is 2.12. The summed E-state index contributed by atoms with van der Waals surface area (Å²) in [5, 5.41) is 0. The van der Waals surface area contributed by atoms with Gasteiger partial charge in [-0.15, -0.1) is 29.3 Å². The molecule has 6 rings (SSSR count). The number of benzene rings is 3. The molecule has 5 aromatic rings. The summed E-state index contributed by atoms with van der Waals surface area (Å²) < 4.78 is 0. The third-order valence-corrected chi connectivity index (χ3v) is 12.7. The minimum atomic E-state index is -0.243. The number of hydrogen-bond acceptors (Lipinski definition) is 4. The predicted molar refractivity (Wildman–Crippen MR) is 251 cm³/mol. The second-order valence-corrected chi connectivity index (χ2v) is 20.6. The molecular weight excluding hydrogens is 909 g/mol. The molecule has 4 nitrogen and oxygen atoms in total. The van der Waals surface area contributed by atoms with Crippen LogP contribution in [-0.4, -0.2) is 19.9 Å². The zero-order valence-electron chi connectivity index (χ0n) is 38.9. The Balaban J connectivity index is 0.00000683. The molecule has 60 heavy (non-hydrogen) atoms. The molecule has 0 atom stereocenters. The molecule has 5 heteroatoms. The van der Waals surface area contributed by atoms with Crippen molar-refractivity contribution in [1.82, 2.24) is 19.9 Å². The fourth-order valence-corrected chi connectivity index (χ4v) is 8.90. The number of aromatic nitrogens is 4. The van der Waals surface area contributed by atoms with E-state index in [1.165, 1.54) is 118 Å². The van der Waals surface area contributed by atoms with Gasteiger partial charge in [-0.25, -0.2) is 15.0 Å². The molecule has 0 unspecified atom stereocenters. The Morgan fingerprint density at radius 3 is 1.57 bits per heavy atom. The second-order valence-electron chi connectivity index (χ2n) is 20.6. The molecule has 3 aromatic carbocycles. The van der Waals surface area contributed by atoms with Gasteiger partial charge in [0.05, 0.1) is 0 Å². The third-order valence-electron chi connectivity index (χ3n) is 12.7. The van der Waals surface area contributed by atoms with Crippen LogP contribution < -0.4 is 0 Å². The number of rotatable bonds is 17. The average Bonchev–Trinajstić information content (AvgIpc) is 3.47. The van der Waals surface area contributed by atoms with Gasteiger partial charge in [-0.2, -0.15) is 0 Å². The number of unbranched alkanes of at least 4 members (excludes halogenated alkanes) is 10. The van der Waals surface area contributed by atoms with E-state index in [0.29, 0.717) is 11.6 Å². The van der Waals surface area contributed by atoms with Crippen molar-refractivity contribution in [3.8, 4) is 45.2 Å². The van der Waals surface area contributed by atoms with Crippen molar-refractivity contribution in [2.75, 3.05) is 0 Å². The molecule has 0 aliphatic heterocycles. The zero-order chi connectivity index (χ0) is 42.4. The first-order valence-corrected chi connectivity index (χ1v) is 23.1. The van der Waals surface area contributed by atoms with Gasteiger partial charge in [0.15, 0.2) is 11.6 Å². The topological polar surface area (TPSA) is 51.6 Å². The fraction of sp³-hybridized carbons (Fsp3) is 0.527. The third kappa shape index (κ3) is 11.1. The van der Waals surface area contributed by atoms with Crippen molar-refractivity contribution in [3.63, 3.8) is 0 Å². The molecule has 0 bridgehead atoms. The van der Waals surface area contributed by atoms with E-state index >= 15 is 0 Å². The van der Waals surface area contributed by atoms with E-state index in [9.17, 15) is 0 Å². The maximum absolute atomic E-state index is 5.10. The van der Waals surface area contributed by atoms with Crippen molar-refractivity contribution in [2.24, 2.45) is 0 Å². The van der Waals surface area contributed by atoms with E-state index in [4.69, 9.17) is 19.9 Å². The Morgan fingerprint density at radius 1 is 0.517 bits per heavy atom. The van der Waals surface area contributed by atoms with Gasteiger partial charge < -0.3 is 4.98 Å². The van der Waals surface area contributed by atoms with E-state index < -0.39 is 0 Å². The van der Waals surface area contributed by atoms with E-state index in [1.54, 1.807) is 5.56 Å². The van der Waals surface area contributed by atoms with Gasteiger partial charge in [-0.05, 0) is 46.1 Å². The van der Waals surface area contributed by atoms with Gasteiger partial charge in [0.25, 0.3) is 0 Å². The first kappa shape index (κ1) is 47.5. The first-order chi connectivity index (χ1) is 28.0. The quantitative estimate of drug-likeness (QED) is 0.0688. The molecule has 0 spiro atoms. The van der Waals surface area contributed by atoms with Crippen LogP contribution in [0.15, 0.2) is 72.9 Å². The Labute approximate surface area is 378 Å². The van der Waals surface area contributed by atoms with Gasteiger partial charge in [-0.3, -0.25) is 0 Å². The summed E-state index contributed by atoms with van der Waals surface area (Å²) in [6.07, 6.45) is 20.0. The van der Waals surface area contributed by atoms with Gasteiger partial charge in [0, 0.05) is 48.3 Å². The fourth-order valence-electron chi connectivity index (χ4n) is 8.90. The maximum Gasteiger partial charge on any atom is 0.165 e. The van der Waals surface area contributed by atoms with Gasteiger partial charge >= 0.3 is 0 Å². The SMILES string of the molecule is CCCCCCCCC1(CCCCCCCC)c2cc(-c3ccc(-c4nc(-c5ccc(C(C)(C)C)cc5)nc(C(C)(C)C)n4)cn3)[c-]cc2-c2ccc(C(C)(C)C)cc21.[Ir]. The van der Waals surface area contributed by atoms with Crippen LogP contribution in [0.25, 0.3) is 45.2 Å². The van der Waals surface area contributed by atoms with Crippen molar-refractivity contribution in [2.45, 2.75) is 188 Å². The van der Waals surface area contributed by atoms with Crippen LogP contribution in [0.2, 0.25) is 0 Å². The largest absolute Gasteiger partial charge is 0.304 e. The van der Waals surface area contributed by atoms with Crippen LogP contribution in [0, 0.1) is 6.07 Å². The molecule has 0 N–H and O–H groups in total. The first-order valence-electron chi connectivity index (χ1n) is 23.1. The molecule has 1 radical (unpaired) electrons. The molecular formula is C55H73IrN4-. The van der Waals surface area contributed by atoms with Crippen LogP contribution in [0.4, 0.5) is 0 Å². The van der Waals surface area contributed by atoms with E-state index in [0.717, 1.165) is 28.2 Å². The number of fused-ring (bicyclic) bond motifs is 3. The number of nitrogens with zero attached hydrogens (tertiary/aromatic N) is 4. The Hall–Kier alpha value is -3.53. The maximum atomic E-state index is 5.10. The van der Waals surface area contributed by atoms with Gasteiger partial charge in [0.1, 0.15) is 5.82 Å². The summed E-state index contributed by atoms with van der Waals surface area (Å²) in [4.78, 5) is 20.1. The molecule has 2 aromatic heterocycles. The van der Waals surface area contributed by atoms with Gasteiger partial charge in [0.2, 0.25) is 0 Å². The predicted octanol–water partition coefficient (Wildman–Crippen LogP) is 15.7. The summed E-state index contributed by atoms with van der Waals surface area (Å²) >= 11 is 0. The van der Waals surface area contributed by atoms with Crippen molar-refractivity contribution in [3.05, 3.63) is 107 Å². The summed E-state index contributed by atoms with van der Waals surface area (Å²) in [7, 11) is 0. The average molecular weight is 982 g/mol. The van der Waals surface area contributed by atoms with E-state index in [1.807, 2.05) is 6.20 Å². The minimum Gasteiger partial charge on any atom is -0.304 e. The summed E-state index contributed by atoms with van der Waals surface area (Å²) in [6.45, 7) is 24.9. The zero-order valence-corrected chi connectivity index (χ0v) is 41.3. The van der Waals surface area contributed by atoms with E-state index in [2.05, 4.69) is 149 Å². The smallest absolute Gasteiger partial charge is 0.165 e. The Bertz CT molecular complexity index is 2130. The second kappa shape index (κ2) is 20.1. The van der Waals surface area contributed by atoms with Crippen LogP contribution >= 0.6 is 0 Å². The molecule has 0 amide bonds. The Morgan fingerprint density at radius 2 is 1.03 bits per heavy atom. The molecule has 0 saturated heterocycles. The van der Waals surface area contributed by atoms with Crippen molar-refractivity contribution < 1.29 is 20.1 Å². The van der Waals surface area contributed by atoms with Crippen molar-refractivity contribution >= 4 is 0 Å². The standard InChI is InChI=1S/C55H73N4.Ir/c1-12-14-16-18-20-22-34-55(35-23-21-19-17-15-13-2)46-36-40(26-31-44(46)45-32-30-43(37-47(45)55)53(6,7)8)48-33-27-41(38-56-48)50-57-49(58-51(59-50)54(9,10)11)39-24-28-42(29-25-39)52(3,4)5;/h24-25,27-33,36-38H,12-23,34-35H2,1-11H3;/q-1;. The summed E-state index contributed by atoms with van der Waals surface area (Å²) in [5.41, 5.74) is 12.3. The minimum absolute atomic E-state index is 0. The van der Waals surface area contributed by atoms with Crippen LogP contribution in [0.3, 0.4) is 0 Å². The molecule has 2 heterocycles.